The number of nitrogens with zero attached hydrogens (tertiary/aromatic N) is 2. The lowest BCUT2D eigenvalue weighted by Gasteiger charge is -2.51. The second kappa shape index (κ2) is 10.4. The number of nitrogens with one attached hydrogen (secondary N) is 1. The molecule has 0 bridgehead atoms. The van der Waals surface area contributed by atoms with Crippen LogP contribution < -0.4 is 16.0 Å². The van der Waals surface area contributed by atoms with E-state index in [9.17, 15) is 34.8 Å². The largest absolute Gasteiger partial charge is 0.510 e. The fourth-order valence-electron chi connectivity index (χ4n) is 6.58. The highest BCUT2D eigenvalue weighted by atomic mass is 16.3. The first-order valence-corrected chi connectivity index (χ1v) is 13.8. The molecule has 2 amide bonds. The lowest BCUT2D eigenvalue weighted by Crippen LogP contribution is -2.62. The number of aromatic hydroxyl groups is 1. The summed E-state index contributed by atoms with van der Waals surface area (Å²) in [6, 6.07) is 0.803. The van der Waals surface area contributed by atoms with Gasteiger partial charge in [-0.3, -0.25) is 19.3 Å². The highest BCUT2D eigenvalue weighted by molar-refractivity contribution is 6.11. The van der Waals surface area contributed by atoms with Gasteiger partial charge in [0.15, 0.2) is 5.78 Å². The summed E-state index contributed by atoms with van der Waals surface area (Å²) in [6.07, 6.45) is 0.853. The molecule has 4 rings (SSSR count). The lowest BCUT2D eigenvalue weighted by molar-refractivity contribution is -0.151. The number of rotatable bonds is 6. The van der Waals surface area contributed by atoms with Crippen LogP contribution in [0.3, 0.4) is 0 Å². The topological polar surface area (TPSA) is 177 Å². The van der Waals surface area contributed by atoms with Crippen LogP contribution >= 0.6 is 0 Å². The molecule has 0 unspecified atom stereocenters. The van der Waals surface area contributed by atoms with Crippen molar-refractivity contribution in [1.82, 2.24) is 4.90 Å². The molecule has 1 aromatic carbocycles. The Kier molecular flexibility index (Phi) is 7.68. The Morgan fingerprint density at radius 1 is 1.15 bits per heavy atom. The number of aliphatic hydroxyl groups is 3. The molecule has 1 fully saturated rings. The van der Waals surface area contributed by atoms with Gasteiger partial charge in [0.25, 0.3) is 0 Å². The molecule has 0 aromatic heterocycles. The van der Waals surface area contributed by atoms with Crippen LogP contribution in [0.2, 0.25) is 0 Å². The van der Waals surface area contributed by atoms with Crippen molar-refractivity contribution in [3.8, 4) is 5.75 Å². The number of Topliss-reactive ketones (excluding diaryl/α,β-unsaturated/α-hetero) is 1. The van der Waals surface area contributed by atoms with Crippen LogP contribution in [0.5, 0.6) is 5.75 Å². The van der Waals surface area contributed by atoms with Crippen molar-refractivity contribution >= 4 is 34.7 Å². The van der Waals surface area contributed by atoms with Gasteiger partial charge in [0, 0.05) is 44.1 Å². The van der Waals surface area contributed by atoms with Crippen LogP contribution in [0.1, 0.15) is 57.6 Å². The number of benzene rings is 1. The molecule has 0 aliphatic heterocycles. The molecule has 41 heavy (non-hydrogen) atoms. The zero-order valence-corrected chi connectivity index (χ0v) is 24.8. The molecule has 224 valence electrons. The molecule has 3 aliphatic rings. The van der Waals surface area contributed by atoms with E-state index in [4.69, 9.17) is 5.73 Å². The van der Waals surface area contributed by atoms with E-state index in [1.807, 2.05) is 20.8 Å². The van der Waals surface area contributed by atoms with Crippen molar-refractivity contribution in [2.24, 2.45) is 23.0 Å². The van der Waals surface area contributed by atoms with E-state index in [2.05, 4.69) is 5.32 Å². The summed E-state index contributed by atoms with van der Waals surface area (Å²) in [5.41, 5.74) is 4.42. The third-order valence-corrected chi connectivity index (χ3v) is 8.65. The number of primary amides is 1. The fourth-order valence-corrected chi connectivity index (χ4v) is 6.58. The number of phenols is 1. The van der Waals surface area contributed by atoms with E-state index >= 15 is 0 Å². The van der Waals surface area contributed by atoms with Crippen LogP contribution in [0.15, 0.2) is 23.0 Å². The molecule has 7 N–H and O–H groups in total. The van der Waals surface area contributed by atoms with Gasteiger partial charge >= 0.3 is 0 Å². The van der Waals surface area contributed by atoms with Gasteiger partial charge in [-0.25, -0.2) is 0 Å². The van der Waals surface area contributed by atoms with Crippen molar-refractivity contribution in [1.29, 1.82) is 0 Å². The summed E-state index contributed by atoms with van der Waals surface area (Å²) >= 11 is 0. The summed E-state index contributed by atoms with van der Waals surface area (Å²) < 4.78 is 0. The average Bonchev–Trinajstić information content (AvgIpc) is 2.84. The monoisotopic (exact) mass is 570 g/mol. The Morgan fingerprint density at radius 2 is 1.78 bits per heavy atom. The first-order chi connectivity index (χ1) is 18.9. The number of fused-ring (bicyclic) bond motifs is 3. The zero-order valence-electron chi connectivity index (χ0n) is 24.8. The number of amides is 2. The molecule has 3 aliphatic carbocycles. The average molecular weight is 571 g/mol. The van der Waals surface area contributed by atoms with Crippen molar-refractivity contribution in [3.05, 3.63) is 34.1 Å². The van der Waals surface area contributed by atoms with Gasteiger partial charge in [-0.2, -0.15) is 0 Å². The summed E-state index contributed by atoms with van der Waals surface area (Å²) in [7, 11) is 6.95. The number of hydrogen-bond donors (Lipinski definition) is 6. The van der Waals surface area contributed by atoms with Gasteiger partial charge in [-0.15, -0.1) is 0 Å². The number of nitrogens with two attached hydrogens (primary N) is 1. The molecule has 0 spiro atoms. The Labute approximate surface area is 240 Å². The number of phenolic OH excluding ortho intramolecular Hbond substituents is 1. The van der Waals surface area contributed by atoms with E-state index in [1.165, 1.54) is 0 Å². The second-order valence-electron chi connectivity index (χ2n) is 13.2. The van der Waals surface area contributed by atoms with Crippen molar-refractivity contribution in [2.45, 2.75) is 64.5 Å². The van der Waals surface area contributed by atoms with E-state index in [0.717, 1.165) is 0 Å². The summed E-state index contributed by atoms with van der Waals surface area (Å²) in [6.45, 7) is 6.08. The van der Waals surface area contributed by atoms with Crippen molar-refractivity contribution < 1.29 is 34.8 Å². The molecule has 11 nitrogen and oxygen atoms in total. The van der Waals surface area contributed by atoms with Crippen LogP contribution in [0, 0.1) is 17.3 Å². The number of carbonyl (C=O) groups is 3. The molecular weight excluding hydrogens is 528 g/mol. The number of aliphatic hydroxyl groups excluding tert-OH is 2. The molecule has 1 aromatic rings. The Bertz CT molecular complexity index is 1370. The minimum absolute atomic E-state index is 0.0254. The summed E-state index contributed by atoms with van der Waals surface area (Å²) in [5, 5.41) is 48.4. The smallest absolute Gasteiger partial charge is 0.248 e. The Morgan fingerprint density at radius 3 is 2.32 bits per heavy atom. The van der Waals surface area contributed by atoms with Crippen molar-refractivity contribution in [2.75, 3.05) is 38.4 Å². The van der Waals surface area contributed by atoms with Gasteiger partial charge in [0.2, 0.25) is 11.8 Å². The van der Waals surface area contributed by atoms with Gasteiger partial charge in [0.1, 0.15) is 22.9 Å². The highest BCUT2D eigenvalue weighted by Gasteiger charge is 2.60. The molecule has 0 saturated heterocycles. The van der Waals surface area contributed by atoms with E-state index in [-0.39, 0.29) is 64.5 Å². The first-order valence-electron chi connectivity index (χ1n) is 13.8. The maximum Gasteiger partial charge on any atom is 0.248 e. The molecular formula is C30H42N4O7. The van der Waals surface area contributed by atoms with Gasteiger partial charge < -0.3 is 36.4 Å². The first kappa shape index (κ1) is 30.4. The normalized spacial score (nSPS) is 26.0. The SMILES string of the molecule is CN(C)c1cc(NC(=O)CCC(C)(C)C)c(O)c2c1C[C@H]1C[C@H]3[C@H](N(C)C)C(O)=C(C(N)=O)C[C@@]3(O)C(=O)C1=C2O. The zero-order chi connectivity index (χ0) is 30.8. The van der Waals surface area contributed by atoms with E-state index in [1.54, 1.807) is 44.1 Å². The van der Waals surface area contributed by atoms with Crippen LogP contribution in [0.25, 0.3) is 5.76 Å². The van der Waals surface area contributed by atoms with Crippen LogP contribution in [-0.4, -0.2) is 82.8 Å². The van der Waals surface area contributed by atoms with Crippen LogP contribution in [-0.2, 0) is 20.8 Å². The minimum atomic E-state index is -2.11. The Hall–Kier alpha value is -3.57. The second-order valence-corrected chi connectivity index (χ2v) is 13.2. The van der Waals surface area contributed by atoms with E-state index in [0.29, 0.717) is 17.7 Å². The number of likely N-dealkylation sites (N-methyl/N-ethyl adjacent to an activating group) is 1. The number of ketones is 1. The van der Waals surface area contributed by atoms with Gasteiger partial charge in [0.05, 0.1) is 22.9 Å². The summed E-state index contributed by atoms with van der Waals surface area (Å²) in [4.78, 5) is 42.4. The van der Waals surface area contributed by atoms with Gasteiger partial charge in [-0.1, -0.05) is 20.8 Å². The minimum Gasteiger partial charge on any atom is -0.510 e. The lowest BCUT2D eigenvalue weighted by atomic mass is 9.57. The quantitative estimate of drug-likeness (QED) is 0.281. The third kappa shape index (κ3) is 5.17. The maximum atomic E-state index is 14.0. The fraction of sp³-hybridized carbons (Fsp3) is 0.567. The Balaban J connectivity index is 1.84. The van der Waals surface area contributed by atoms with Crippen molar-refractivity contribution in [3.63, 3.8) is 0 Å². The predicted molar refractivity (Wildman–Crippen MR) is 156 cm³/mol. The molecule has 0 heterocycles. The third-order valence-electron chi connectivity index (χ3n) is 8.65. The molecule has 4 atom stereocenters. The summed E-state index contributed by atoms with van der Waals surface area (Å²) in [5.74, 6) is -4.44. The molecule has 11 heteroatoms. The predicted octanol–water partition coefficient (Wildman–Crippen LogP) is 2.62. The number of carbonyl (C=O) groups excluding carboxylic acids is 3. The highest BCUT2D eigenvalue weighted by Crippen LogP contribution is 2.54. The van der Waals surface area contributed by atoms with Crippen LogP contribution in [0.4, 0.5) is 11.4 Å². The number of anilines is 2. The standard InChI is InChI=1S/C30H42N4O7/c1-29(2,3)9-8-20(35)32-18-12-19(33(4)5)15-10-14-11-17-23(34(6)7)24(36)16(28(31)40)13-30(17,41)27(39)21(14)26(38)22(15)25(18)37/h12,14,17,23,36-38,41H,8-11,13H2,1-7H3,(H2,31,40)(H,32,35)/t14-,17-,23-,30-/m0/s1. The maximum absolute atomic E-state index is 14.0. The molecule has 1 saturated carbocycles. The molecule has 0 radical (unpaired) electrons. The van der Waals surface area contributed by atoms with E-state index < -0.39 is 47.3 Å². The van der Waals surface area contributed by atoms with Gasteiger partial charge in [-0.05, 0) is 56.3 Å². The number of hydrogen-bond acceptors (Lipinski definition) is 9.